The van der Waals surface area contributed by atoms with Crippen molar-refractivity contribution >= 4 is 23.4 Å². The number of benzene rings is 1. The summed E-state index contributed by atoms with van der Waals surface area (Å²) in [5.74, 6) is 1.27. The number of aromatic nitrogens is 3. The molecule has 0 aliphatic heterocycles. The Morgan fingerprint density at radius 3 is 2.58 bits per heavy atom. The number of ether oxygens (including phenoxy) is 1. The van der Waals surface area contributed by atoms with Crippen LogP contribution in [0.5, 0.6) is 5.75 Å². The number of carbonyl (C=O) groups is 1. The van der Waals surface area contributed by atoms with Crippen molar-refractivity contribution in [1.29, 1.82) is 0 Å². The fourth-order valence-electron chi connectivity index (χ4n) is 2.50. The Morgan fingerprint density at radius 1 is 1.31 bits per heavy atom. The summed E-state index contributed by atoms with van der Waals surface area (Å²) in [5, 5.41) is 12.0. The third-order valence-corrected chi connectivity index (χ3v) is 4.76. The first-order chi connectivity index (χ1) is 12.4. The zero-order valence-electron chi connectivity index (χ0n) is 14.5. The molecule has 6 nitrogen and oxygen atoms in total. The van der Waals surface area contributed by atoms with Crippen LogP contribution >= 0.6 is 11.8 Å². The first-order valence-corrected chi connectivity index (χ1v) is 9.35. The fraction of sp³-hybridized carbons (Fsp3) is 0.471. The van der Waals surface area contributed by atoms with Crippen molar-refractivity contribution in [3.05, 3.63) is 30.1 Å². The number of thioether (sulfide) groups is 1. The van der Waals surface area contributed by atoms with Crippen molar-refractivity contribution in [2.45, 2.75) is 50.4 Å². The molecule has 1 N–H and O–H groups in total. The summed E-state index contributed by atoms with van der Waals surface area (Å²) in [6, 6.07) is 6.24. The van der Waals surface area contributed by atoms with Gasteiger partial charge in [-0.3, -0.25) is 4.79 Å². The van der Waals surface area contributed by atoms with Crippen LogP contribution in [-0.2, 0) is 4.79 Å². The molecule has 0 saturated heterocycles. The third kappa shape index (κ3) is 4.72. The Hall–Kier alpha value is -2.16. The summed E-state index contributed by atoms with van der Waals surface area (Å²) >= 11 is 1.35. The Kier molecular flexibility index (Phi) is 5.75. The van der Waals surface area contributed by atoms with Crippen molar-refractivity contribution in [3.8, 4) is 5.75 Å². The highest BCUT2D eigenvalue weighted by atomic mass is 32.2. The van der Waals surface area contributed by atoms with Crippen LogP contribution in [0.4, 0.5) is 14.5 Å². The fourth-order valence-corrected chi connectivity index (χ4v) is 3.32. The van der Waals surface area contributed by atoms with E-state index in [1.165, 1.54) is 36.0 Å². The molecule has 0 unspecified atom stereocenters. The number of carbonyl (C=O) groups excluding carboxylic acids is 1. The lowest BCUT2D eigenvalue weighted by molar-refractivity contribution is -0.113. The summed E-state index contributed by atoms with van der Waals surface area (Å²) in [6.45, 7) is 1.28. The topological polar surface area (TPSA) is 69.0 Å². The molecule has 1 heterocycles. The second-order valence-electron chi connectivity index (χ2n) is 6.34. The van der Waals surface area contributed by atoms with Gasteiger partial charge >= 0.3 is 6.61 Å². The molecule has 3 rings (SSSR count). The molecule has 0 bridgehead atoms. The predicted octanol–water partition coefficient (Wildman–Crippen LogP) is 4.07. The van der Waals surface area contributed by atoms with Crippen LogP contribution in [0.3, 0.4) is 0 Å². The van der Waals surface area contributed by atoms with Crippen LogP contribution in [0.2, 0.25) is 0 Å². The molecule has 26 heavy (non-hydrogen) atoms. The zero-order chi connectivity index (χ0) is 18.7. The number of amides is 1. The van der Waals surface area contributed by atoms with Gasteiger partial charge < -0.3 is 14.6 Å². The first kappa shape index (κ1) is 18.6. The predicted molar refractivity (Wildman–Crippen MR) is 94.8 cm³/mol. The molecule has 1 aromatic carbocycles. The third-order valence-electron chi connectivity index (χ3n) is 3.81. The molecule has 2 aromatic rings. The van der Waals surface area contributed by atoms with E-state index in [0.29, 0.717) is 11.7 Å². The number of nitrogens with zero attached hydrogens (tertiary/aromatic N) is 3. The monoisotopic (exact) mass is 382 g/mol. The van der Waals surface area contributed by atoms with E-state index in [-0.39, 0.29) is 23.3 Å². The summed E-state index contributed by atoms with van der Waals surface area (Å²) in [6.07, 6.45) is 2.23. The van der Waals surface area contributed by atoms with Crippen LogP contribution in [0.15, 0.2) is 29.4 Å². The van der Waals surface area contributed by atoms with Gasteiger partial charge in [-0.2, -0.15) is 8.78 Å². The lowest BCUT2D eigenvalue weighted by atomic mass is 10.2. The van der Waals surface area contributed by atoms with Gasteiger partial charge in [0.1, 0.15) is 11.6 Å². The average molecular weight is 382 g/mol. The Bertz CT molecular complexity index is 761. The maximum Gasteiger partial charge on any atom is 0.387 e. The van der Waals surface area contributed by atoms with Gasteiger partial charge in [0.25, 0.3) is 0 Å². The molecule has 1 aliphatic rings. The highest BCUT2D eigenvalue weighted by Crippen LogP contribution is 2.40. The summed E-state index contributed by atoms with van der Waals surface area (Å²) in [7, 11) is 0. The normalized spacial score (nSPS) is 14.1. The molecule has 1 aromatic heterocycles. The molecule has 0 spiro atoms. The number of halogens is 2. The number of alkyl halides is 2. The van der Waals surface area contributed by atoms with E-state index in [4.69, 9.17) is 0 Å². The molecular weight excluding hydrogens is 362 g/mol. The minimum Gasteiger partial charge on any atom is -0.435 e. The molecule has 140 valence electrons. The molecule has 9 heteroatoms. The Labute approximate surface area is 154 Å². The van der Waals surface area contributed by atoms with Gasteiger partial charge in [-0.1, -0.05) is 25.6 Å². The first-order valence-electron chi connectivity index (χ1n) is 8.36. The van der Waals surface area contributed by atoms with Crippen molar-refractivity contribution in [2.75, 3.05) is 11.1 Å². The van der Waals surface area contributed by atoms with E-state index in [1.54, 1.807) is 0 Å². The summed E-state index contributed by atoms with van der Waals surface area (Å²) < 4.78 is 30.7. The molecular formula is C17H20F2N4O2S. The van der Waals surface area contributed by atoms with E-state index in [1.807, 2.05) is 0 Å². The van der Waals surface area contributed by atoms with Crippen LogP contribution in [0, 0.1) is 0 Å². The van der Waals surface area contributed by atoms with Crippen molar-refractivity contribution in [3.63, 3.8) is 0 Å². The average Bonchev–Trinajstić information content (AvgIpc) is 3.33. The zero-order valence-corrected chi connectivity index (χ0v) is 15.3. The highest BCUT2D eigenvalue weighted by Gasteiger charge is 2.30. The Balaban J connectivity index is 1.56. The van der Waals surface area contributed by atoms with Crippen LogP contribution in [-0.4, -0.2) is 33.0 Å². The lowest BCUT2D eigenvalue weighted by Crippen LogP contribution is -2.15. The largest absolute Gasteiger partial charge is 0.435 e. The second kappa shape index (κ2) is 8.03. The molecule has 1 saturated carbocycles. The van der Waals surface area contributed by atoms with Crippen molar-refractivity contribution in [1.82, 2.24) is 14.8 Å². The van der Waals surface area contributed by atoms with Crippen LogP contribution in [0.25, 0.3) is 0 Å². The quantitative estimate of drug-likeness (QED) is 0.697. The van der Waals surface area contributed by atoms with E-state index >= 15 is 0 Å². The molecule has 1 fully saturated rings. The van der Waals surface area contributed by atoms with E-state index < -0.39 is 6.61 Å². The number of anilines is 1. The maximum atomic E-state index is 12.1. The van der Waals surface area contributed by atoms with E-state index in [2.05, 4.69) is 38.7 Å². The van der Waals surface area contributed by atoms with Gasteiger partial charge in [-0.15, -0.1) is 10.2 Å². The Morgan fingerprint density at radius 2 is 2.00 bits per heavy atom. The minimum absolute atomic E-state index is 0.0473. The van der Waals surface area contributed by atoms with Crippen LogP contribution in [0.1, 0.15) is 44.5 Å². The smallest absolute Gasteiger partial charge is 0.387 e. The number of hydrogen-bond acceptors (Lipinski definition) is 5. The number of nitrogens with one attached hydrogen (secondary N) is 1. The van der Waals surface area contributed by atoms with E-state index in [9.17, 15) is 13.6 Å². The van der Waals surface area contributed by atoms with Crippen molar-refractivity contribution in [2.24, 2.45) is 0 Å². The second-order valence-corrected chi connectivity index (χ2v) is 7.28. The minimum atomic E-state index is -2.87. The molecule has 1 amide bonds. The van der Waals surface area contributed by atoms with Gasteiger partial charge in [0.15, 0.2) is 5.16 Å². The van der Waals surface area contributed by atoms with Gasteiger partial charge in [-0.25, -0.2) is 0 Å². The van der Waals surface area contributed by atoms with Crippen LogP contribution < -0.4 is 10.1 Å². The lowest BCUT2D eigenvalue weighted by Gasteiger charge is -2.11. The number of rotatable bonds is 8. The van der Waals surface area contributed by atoms with Gasteiger partial charge in [0.05, 0.1) is 5.75 Å². The van der Waals surface area contributed by atoms with Gasteiger partial charge in [0, 0.05) is 17.6 Å². The van der Waals surface area contributed by atoms with Gasteiger partial charge in [0.2, 0.25) is 5.91 Å². The SMILES string of the molecule is CC(C)c1nnc(SCC(=O)Nc2ccc(OC(F)F)cc2)n1C1CC1. The van der Waals surface area contributed by atoms with Crippen molar-refractivity contribution < 1.29 is 18.3 Å². The molecule has 1 aliphatic carbocycles. The standard InChI is InChI=1S/C17H20F2N4O2S/c1-10(2)15-21-22-17(23(15)12-5-6-12)26-9-14(24)20-11-3-7-13(8-4-11)25-16(18)19/h3-4,7-8,10,12,16H,5-6,9H2,1-2H3,(H,20,24). The molecule has 0 radical (unpaired) electrons. The number of hydrogen-bond donors (Lipinski definition) is 1. The van der Waals surface area contributed by atoms with Gasteiger partial charge in [-0.05, 0) is 37.1 Å². The summed E-state index contributed by atoms with van der Waals surface area (Å²) in [4.78, 5) is 12.1. The highest BCUT2D eigenvalue weighted by molar-refractivity contribution is 7.99. The van der Waals surface area contributed by atoms with E-state index in [0.717, 1.165) is 23.8 Å². The molecule has 0 atom stereocenters. The summed E-state index contributed by atoms with van der Waals surface area (Å²) in [5.41, 5.74) is 0.517. The maximum absolute atomic E-state index is 12.1.